The fraction of sp³-hybridized carbons (Fsp3) is 0.579. The van der Waals surface area contributed by atoms with Crippen LogP contribution in [0.15, 0.2) is 18.2 Å². The summed E-state index contributed by atoms with van der Waals surface area (Å²) in [5, 5.41) is 15.1. The third kappa shape index (κ3) is 4.18. The number of amides is 2. The van der Waals surface area contributed by atoms with E-state index in [4.69, 9.17) is 0 Å². The van der Waals surface area contributed by atoms with Crippen molar-refractivity contribution in [1.29, 1.82) is 0 Å². The first-order valence-electron chi connectivity index (χ1n) is 9.09. The first kappa shape index (κ1) is 17.9. The molecule has 1 fully saturated rings. The highest BCUT2D eigenvalue weighted by Gasteiger charge is 2.33. The zero-order valence-corrected chi connectivity index (χ0v) is 14.3. The first-order chi connectivity index (χ1) is 12.1. The molecule has 1 aromatic carbocycles. The van der Waals surface area contributed by atoms with E-state index in [0.717, 1.165) is 25.7 Å². The van der Waals surface area contributed by atoms with Crippen LogP contribution in [0.4, 0.5) is 10.1 Å². The molecule has 3 N–H and O–H groups in total. The van der Waals surface area contributed by atoms with E-state index in [1.54, 1.807) is 6.07 Å². The van der Waals surface area contributed by atoms with Crippen molar-refractivity contribution in [3.63, 3.8) is 0 Å². The number of anilines is 1. The topological polar surface area (TPSA) is 78.4 Å². The van der Waals surface area contributed by atoms with Crippen molar-refractivity contribution >= 4 is 17.5 Å². The summed E-state index contributed by atoms with van der Waals surface area (Å²) in [7, 11) is 0. The smallest absolute Gasteiger partial charge is 0.228 e. The van der Waals surface area contributed by atoms with Crippen LogP contribution < -0.4 is 10.6 Å². The number of fused-ring (bicyclic) bond motifs is 1. The van der Waals surface area contributed by atoms with Crippen LogP contribution in [-0.4, -0.2) is 29.6 Å². The van der Waals surface area contributed by atoms with E-state index in [-0.39, 0.29) is 30.9 Å². The molecule has 6 heteroatoms. The summed E-state index contributed by atoms with van der Waals surface area (Å²) in [6.07, 6.45) is 6.20. The van der Waals surface area contributed by atoms with Crippen molar-refractivity contribution in [2.45, 2.75) is 56.9 Å². The van der Waals surface area contributed by atoms with Crippen molar-refractivity contribution in [1.82, 2.24) is 5.32 Å². The van der Waals surface area contributed by atoms with Crippen molar-refractivity contribution in [2.75, 3.05) is 11.9 Å². The number of aliphatic hydroxyl groups excluding tert-OH is 1. The number of aliphatic hydroxyl groups is 1. The summed E-state index contributed by atoms with van der Waals surface area (Å²) >= 11 is 0. The van der Waals surface area contributed by atoms with Gasteiger partial charge in [-0.2, -0.15) is 0 Å². The van der Waals surface area contributed by atoms with Gasteiger partial charge in [0.15, 0.2) is 0 Å². The third-order valence-electron chi connectivity index (χ3n) is 5.36. The summed E-state index contributed by atoms with van der Waals surface area (Å²) in [6.45, 7) is 0.0222. The van der Waals surface area contributed by atoms with Gasteiger partial charge in [-0.25, -0.2) is 4.39 Å². The molecular formula is C19H25FN2O3. The van der Waals surface area contributed by atoms with Crippen LogP contribution in [-0.2, 0) is 9.59 Å². The van der Waals surface area contributed by atoms with E-state index in [1.807, 2.05) is 0 Å². The fourth-order valence-corrected chi connectivity index (χ4v) is 4.06. The molecule has 0 bridgehead atoms. The highest BCUT2D eigenvalue weighted by molar-refractivity contribution is 6.01. The monoisotopic (exact) mass is 348 g/mol. The molecule has 0 aromatic heterocycles. The molecule has 2 amide bonds. The highest BCUT2D eigenvalue weighted by Crippen LogP contribution is 2.34. The second-order valence-electron chi connectivity index (χ2n) is 7.06. The molecule has 0 saturated heterocycles. The zero-order chi connectivity index (χ0) is 17.8. The lowest BCUT2D eigenvalue weighted by molar-refractivity contribution is -0.127. The molecule has 3 rings (SSSR count). The largest absolute Gasteiger partial charge is 0.396 e. The summed E-state index contributed by atoms with van der Waals surface area (Å²) in [5.41, 5.74) is 1.01. The van der Waals surface area contributed by atoms with Crippen LogP contribution >= 0.6 is 0 Å². The molecule has 2 aliphatic rings. The van der Waals surface area contributed by atoms with Gasteiger partial charge >= 0.3 is 0 Å². The van der Waals surface area contributed by atoms with Crippen molar-refractivity contribution in [3.05, 3.63) is 29.6 Å². The Hall–Kier alpha value is -1.95. The van der Waals surface area contributed by atoms with E-state index >= 15 is 0 Å². The first-order valence-corrected chi connectivity index (χ1v) is 9.09. The van der Waals surface area contributed by atoms with Crippen LogP contribution in [0.25, 0.3) is 0 Å². The maximum atomic E-state index is 13.4. The fourth-order valence-electron chi connectivity index (χ4n) is 4.06. The van der Waals surface area contributed by atoms with E-state index < -0.39 is 11.7 Å². The number of carbonyl (C=O) groups excluding carboxylic acids is 2. The molecule has 1 heterocycles. The van der Waals surface area contributed by atoms with E-state index in [9.17, 15) is 19.1 Å². The maximum Gasteiger partial charge on any atom is 0.228 e. The maximum absolute atomic E-state index is 13.4. The minimum Gasteiger partial charge on any atom is -0.396 e. The van der Waals surface area contributed by atoms with E-state index in [2.05, 4.69) is 10.6 Å². The highest BCUT2D eigenvalue weighted by atomic mass is 19.1. The Morgan fingerprint density at radius 2 is 2.08 bits per heavy atom. The van der Waals surface area contributed by atoms with Gasteiger partial charge in [0.25, 0.3) is 0 Å². The van der Waals surface area contributed by atoms with Crippen LogP contribution in [0.2, 0.25) is 0 Å². The number of carbonyl (C=O) groups is 2. The lowest BCUT2D eigenvalue weighted by Gasteiger charge is -2.33. The quantitative estimate of drug-likeness (QED) is 0.765. The van der Waals surface area contributed by atoms with Crippen LogP contribution in [0.5, 0.6) is 0 Å². The number of nitrogens with one attached hydrogen (secondary N) is 2. The van der Waals surface area contributed by atoms with Crippen LogP contribution in [0.3, 0.4) is 0 Å². The Balaban J connectivity index is 1.76. The van der Waals surface area contributed by atoms with Crippen LogP contribution in [0.1, 0.15) is 56.4 Å². The molecular weight excluding hydrogens is 323 g/mol. The lowest BCUT2D eigenvalue weighted by Crippen LogP contribution is -2.45. The van der Waals surface area contributed by atoms with Gasteiger partial charge in [-0.15, -0.1) is 0 Å². The minimum atomic E-state index is -0.617. The second-order valence-corrected chi connectivity index (χ2v) is 7.06. The molecule has 1 aliphatic heterocycles. The van der Waals surface area contributed by atoms with Crippen molar-refractivity contribution in [2.24, 2.45) is 5.92 Å². The summed E-state index contributed by atoms with van der Waals surface area (Å²) in [5.74, 6) is -1.19. The lowest BCUT2D eigenvalue weighted by atomic mass is 9.82. The molecule has 1 saturated carbocycles. The standard InChI is InChI=1S/C19H25FN2O3/c20-13-6-7-14-15(11-18(24)21-17(14)10-13)19(25)22-16(8-9-23)12-4-2-1-3-5-12/h6-7,10,12,15-16,23H,1-5,8-9,11H2,(H,21,24)(H,22,25). The zero-order valence-electron chi connectivity index (χ0n) is 14.3. The molecule has 136 valence electrons. The molecule has 25 heavy (non-hydrogen) atoms. The molecule has 2 atom stereocenters. The Labute approximate surface area is 147 Å². The van der Waals surface area contributed by atoms with Crippen molar-refractivity contribution in [3.8, 4) is 0 Å². The Morgan fingerprint density at radius 3 is 2.80 bits per heavy atom. The molecule has 1 aliphatic carbocycles. The average Bonchev–Trinajstić information content (AvgIpc) is 2.61. The predicted molar refractivity (Wildman–Crippen MR) is 92.6 cm³/mol. The number of hydrogen-bond acceptors (Lipinski definition) is 3. The molecule has 2 unspecified atom stereocenters. The summed E-state index contributed by atoms with van der Waals surface area (Å²) in [6, 6.07) is 4.05. The molecule has 0 spiro atoms. The SMILES string of the molecule is O=C1CC(C(=O)NC(CCO)C2CCCCC2)c2ccc(F)cc2N1. The molecule has 5 nitrogen and oxygen atoms in total. The van der Waals surface area contributed by atoms with E-state index in [1.165, 1.54) is 18.6 Å². The van der Waals surface area contributed by atoms with Crippen LogP contribution in [0, 0.1) is 11.7 Å². The van der Waals surface area contributed by atoms with Gasteiger partial charge < -0.3 is 15.7 Å². The van der Waals surface area contributed by atoms with Crippen molar-refractivity contribution < 1.29 is 19.1 Å². The number of hydrogen-bond donors (Lipinski definition) is 3. The Morgan fingerprint density at radius 1 is 1.32 bits per heavy atom. The molecule has 0 radical (unpaired) electrons. The van der Waals surface area contributed by atoms with Gasteiger partial charge in [0, 0.05) is 24.8 Å². The van der Waals surface area contributed by atoms with Gasteiger partial charge in [0.1, 0.15) is 5.82 Å². The van der Waals surface area contributed by atoms with Gasteiger partial charge in [-0.3, -0.25) is 9.59 Å². The second kappa shape index (κ2) is 7.95. The number of halogens is 1. The summed E-state index contributed by atoms with van der Waals surface area (Å²) in [4.78, 5) is 24.8. The number of rotatable bonds is 5. The Kier molecular flexibility index (Phi) is 5.68. The van der Waals surface area contributed by atoms with Gasteiger partial charge in [-0.1, -0.05) is 25.3 Å². The minimum absolute atomic E-state index is 0.0222. The third-order valence-corrected chi connectivity index (χ3v) is 5.36. The Bertz CT molecular complexity index is 644. The normalized spacial score (nSPS) is 22.0. The van der Waals surface area contributed by atoms with Gasteiger partial charge in [0.05, 0.1) is 5.92 Å². The van der Waals surface area contributed by atoms with Gasteiger partial charge in [-0.05, 0) is 42.9 Å². The summed E-state index contributed by atoms with van der Waals surface area (Å²) < 4.78 is 13.4. The average molecular weight is 348 g/mol. The molecule has 1 aromatic rings. The van der Waals surface area contributed by atoms with E-state index in [0.29, 0.717) is 23.6 Å². The predicted octanol–water partition coefficient (Wildman–Crippen LogP) is 2.70. The van der Waals surface area contributed by atoms with Gasteiger partial charge in [0.2, 0.25) is 11.8 Å². The number of benzene rings is 1.